The predicted octanol–water partition coefficient (Wildman–Crippen LogP) is 0.520. The van der Waals surface area contributed by atoms with Gasteiger partial charge in [-0.1, -0.05) is 19.9 Å². The van der Waals surface area contributed by atoms with Crippen LogP contribution >= 0.6 is 0 Å². The third-order valence-corrected chi connectivity index (χ3v) is 2.98. The molecule has 1 unspecified atom stereocenters. The first-order chi connectivity index (χ1) is 9.66. The minimum Gasteiger partial charge on any atom is -0.486 e. The number of nitrogens with zero attached hydrogens (tertiary/aromatic N) is 1. The van der Waals surface area contributed by atoms with Gasteiger partial charge in [0.15, 0.2) is 11.5 Å². The van der Waals surface area contributed by atoms with Gasteiger partial charge in [0.25, 0.3) is 0 Å². The Labute approximate surface area is 116 Å². The number of rotatable bonds is 2. The number of hydrogen-bond acceptors (Lipinski definition) is 6. The Balaban J connectivity index is 0.000000704. The maximum Gasteiger partial charge on any atom is 0.496 e. The normalized spacial score (nSPS) is 18.9. The Bertz CT molecular complexity index is 509. The molecule has 0 saturated carbocycles. The quantitative estimate of drug-likeness (QED) is 0.482. The molecule has 1 aromatic carbocycles. The van der Waals surface area contributed by atoms with Crippen LogP contribution in [0.1, 0.15) is 25.5 Å². The SMILES string of the molecule is CC.O=[N+]([O-])CC1OB(O)c2c1ccc1c2OCCO1. The molecule has 2 aliphatic rings. The van der Waals surface area contributed by atoms with Crippen LogP contribution < -0.4 is 14.9 Å². The number of fused-ring (bicyclic) bond motifs is 3. The molecule has 1 atom stereocenters. The van der Waals surface area contributed by atoms with E-state index >= 15 is 0 Å². The summed E-state index contributed by atoms with van der Waals surface area (Å²) >= 11 is 0. The predicted molar refractivity (Wildman–Crippen MR) is 72.1 cm³/mol. The minimum atomic E-state index is -1.21. The second-order valence-corrected chi connectivity index (χ2v) is 4.09. The molecule has 3 rings (SSSR count). The molecule has 0 aromatic heterocycles. The van der Waals surface area contributed by atoms with Gasteiger partial charge < -0.3 is 19.2 Å². The highest BCUT2D eigenvalue weighted by Gasteiger charge is 2.42. The zero-order valence-electron chi connectivity index (χ0n) is 11.4. The van der Waals surface area contributed by atoms with Gasteiger partial charge in [-0.05, 0) is 11.6 Å². The van der Waals surface area contributed by atoms with Crippen LogP contribution in [0.4, 0.5) is 0 Å². The molecule has 0 saturated heterocycles. The van der Waals surface area contributed by atoms with Crippen LogP contribution in [-0.4, -0.2) is 36.8 Å². The van der Waals surface area contributed by atoms with E-state index in [1.165, 1.54) is 0 Å². The van der Waals surface area contributed by atoms with Gasteiger partial charge in [0.2, 0.25) is 6.54 Å². The van der Waals surface area contributed by atoms with Crippen LogP contribution in [0, 0.1) is 10.1 Å². The average Bonchev–Trinajstić information content (AvgIpc) is 2.77. The van der Waals surface area contributed by atoms with Crippen molar-refractivity contribution in [3.05, 3.63) is 27.8 Å². The first-order valence-electron chi connectivity index (χ1n) is 6.54. The molecular weight excluding hydrogens is 265 g/mol. The fourth-order valence-electron chi connectivity index (χ4n) is 2.26. The summed E-state index contributed by atoms with van der Waals surface area (Å²) < 4.78 is 16.0. The summed E-state index contributed by atoms with van der Waals surface area (Å²) in [5.74, 6) is 0.960. The average molecular weight is 281 g/mol. The third-order valence-electron chi connectivity index (χ3n) is 2.98. The zero-order chi connectivity index (χ0) is 14.7. The topological polar surface area (TPSA) is 91.1 Å². The van der Waals surface area contributed by atoms with Gasteiger partial charge in [-0.3, -0.25) is 10.1 Å². The Morgan fingerprint density at radius 1 is 1.40 bits per heavy atom. The summed E-state index contributed by atoms with van der Waals surface area (Å²) in [5.41, 5.74) is 1.03. The van der Waals surface area contributed by atoms with E-state index in [-0.39, 0.29) is 6.54 Å². The van der Waals surface area contributed by atoms with E-state index < -0.39 is 18.1 Å². The fourth-order valence-corrected chi connectivity index (χ4v) is 2.26. The van der Waals surface area contributed by atoms with Gasteiger partial charge >= 0.3 is 7.12 Å². The highest BCUT2D eigenvalue weighted by atomic mass is 16.6. The Kier molecular flexibility index (Phi) is 4.46. The van der Waals surface area contributed by atoms with E-state index in [1.54, 1.807) is 12.1 Å². The van der Waals surface area contributed by atoms with E-state index in [9.17, 15) is 15.1 Å². The fraction of sp³-hybridized carbons (Fsp3) is 0.500. The highest BCUT2D eigenvalue weighted by Crippen LogP contribution is 2.35. The molecule has 1 N–H and O–H groups in total. The van der Waals surface area contributed by atoms with E-state index in [0.717, 1.165) is 0 Å². The van der Waals surface area contributed by atoms with Crippen molar-refractivity contribution in [2.24, 2.45) is 0 Å². The summed E-state index contributed by atoms with van der Waals surface area (Å²) in [7, 11) is -1.21. The lowest BCUT2D eigenvalue weighted by atomic mass is 9.78. The lowest BCUT2D eigenvalue weighted by molar-refractivity contribution is -0.490. The Hall–Kier alpha value is -1.80. The van der Waals surface area contributed by atoms with Crippen molar-refractivity contribution in [3.8, 4) is 11.5 Å². The summed E-state index contributed by atoms with van der Waals surface area (Å²) in [5, 5.41) is 20.4. The highest BCUT2D eigenvalue weighted by molar-refractivity contribution is 6.63. The molecule has 8 heteroatoms. The minimum absolute atomic E-state index is 0.385. The van der Waals surface area contributed by atoms with Gasteiger partial charge in [-0.15, -0.1) is 0 Å². The molecule has 0 bridgehead atoms. The molecule has 7 nitrogen and oxygen atoms in total. The zero-order valence-corrected chi connectivity index (χ0v) is 11.4. The second-order valence-electron chi connectivity index (χ2n) is 4.09. The van der Waals surface area contributed by atoms with Gasteiger partial charge in [0.05, 0.1) is 0 Å². The molecule has 20 heavy (non-hydrogen) atoms. The largest absolute Gasteiger partial charge is 0.496 e. The molecular formula is C12H16BNO6. The number of ether oxygens (including phenoxy) is 2. The third kappa shape index (κ3) is 2.57. The van der Waals surface area contributed by atoms with E-state index in [4.69, 9.17) is 14.1 Å². The van der Waals surface area contributed by atoms with Gasteiger partial charge in [-0.25, -0.2) is 0 Å². The summed E-state index contributed by atoms with van der Waals surface area (Å²) in [6, 6.07) is 3.36. The maximum atomic E-state index is 10.5. The van der Waals surface area contributed by atoms with Gasteiger partial charge in [0, 0.05) is 10.4 Å². The van der Waals surface area contributed by atoms with Crippen molar-refractivity contribution in [1.82, 2.24) is 0 Å². The molecule has 2 aliphatic heterocycles. The van der Waals surface area contributed by atoms with Gasteiger partial charge in [0.1, 0.15) is 19.3 Å². The van der Waals surface area contributed by atoms with Crippen LogP contribution in [0.2, 0.25) is 0 Å². The monoisotopic (exact) mass is 281 g/mol. The molecule has 0 spiro atoms. The van der Waals surface area contributed by atoms with Crippen molar-refractivity contribution in [1.29, 1.82) is 0 Å². The summed E-state index contributed by atoms with van der Waals surface area (Å²) in [6.45, 7) is 4.45. The number of benzene rings is 1. The van der Waals surface area contributed by atoms with Crippen LogP contribution in [0.15, 0.2) is 12.1 Å². The Morgan fingerprint density at radius 3 is 2.80 bits per heavy atom. The van der Waals surface area contributed by atoms with Crippen LogP contribution in [-0.2, 0) is 4.65 Å². The molecule has 108 valence electrons. The Morgan fingerprint density at radius 2 is 2.10 bits per heavy atom. The lowest BCUT2D eigenvalue weighted by Gasteiger charge is -2.20. The summed E-state index contributed by atoms with van der Waals surface area (Å²) in [6.07, 6.45) is -0.749. The molecule has 2 heterocycles. The number of hydrogen-bond donors (Lipinski definition) is 1. The van der Waals surface area contributed by atoms with E-state index in [2.05, 4.69) is 0 Å². The lowest BCUT2D eigenvalue weighted by Crippen LogP contribution is -2.32. The molecule has 1 aromatic rings. The molecule has 0 amide bonds. The number of nitro groups is 1. The van der Waals surface area contributed by atoms with Crippen LogP contribution in [0.3, 0.4) is 0 Å². The van der Waals surface area contributed by atoms with E-state index in [0.29, 0.717) is 35.7 Å². The first kappa shape index (κ1) is 14.6. The van der Waals surface area contributed by atoms with Crippen molar-refractivity contribution in [3.63, 3.8) is 0 Å². The van der Waals surface area contributed by atoms with Crippen molar-refractivity contribution in [2.45, 2.75) is 20.0 Å². The van der Waals surface area contributed by atoms with Crippen molar-refractivity contribution < 1.29 is 24.1 Å². The van der Waals surface area contributed by atoms with Crippen molar-refractivity contribution >= 4 is 12.6 Å². The maximum absolute atomic E-state index is 10.5. The molecule has 0 fully saturated rings. The summed E-state index contributed by atoms with van der Waals surface area (Å²) in [4.78, 5) is 10.1. The first-order valence-corrected chi connectivity index (χ1v) is 6.54. The molecule has 0 radical (unpaired) electrons. The van der Waals surface area contributed by atoms with Gasteiger partial charge in [-0.2, -0.15) is 0 Å². The second kappa shape index (κ2) is 6.10. The standard InChI is InChI=1S/C10H10BNO6.C2H6/c13-11-9-6(8(18-11)5-12(14)15)1-2-7-10(9)17-4-3-16-7;1-2/h1-2,8,13H,3-5H2;1-2H3. The smallest absolute Gasteiger partial charge is 0.486 e. The van der Waals surface area contributed by atoms with Crippen LogP contribution in [0.25, 0.3) is 0 Å². The van der Waals surface area contributed by atoms with Crippen LogP contribution in [0.5, 0.6) is 11.5 Å². The van der Waals surface area contributed by atoms with Crippen molar-refractivity contribution in [2.75, 3.05) is 19.8 Å². The van der Waals surface area contributed by atoms with E-state index in [1.807, 2.05) is 13.8 Å². The molecule has 0 aliphatic carbocycles.